The highest BCUT2D eigenvalue weighted by Crippen LogP contribution is 2.32. The molecular weight excluding hydrogens is 260 g/mol. The summed E-state index contributed by atoms with van der Waals surface area (Å²) in [5.74, 6) is 3.06. The van der Waals surface area contributed by atoms with E-state index < -0.39 is 0 Å². The summed E-state index contributed by atoms with van der Waals surface area (Å²) < 4.78 is 0. The van der Waals surface area contributed by atoms with Crippen LogP contribution in [0.25, 0.3) is 0 Å². The summed E-state index contributed by atoms with van der Waals surface area (Å²) in [6.45, 7) is 15.2. The maximum absolute atomic E-state index is 4.92. The Labute approximate surface area is 129 Å². The van der Waals surface area contributed by atoms with Gasteiger partial charge in [-0.25, -0.2) is 9.97 Å². The van der Waals surface area contributed by atoms with Crippen LogP contribution in [-0.2, 0) is 5.41 Å². The highest BCUT2D eigenvalue weighted by Gasteiger charge is 2.27. The van der Waals surface area contributed by atoms with Crippen molar-refractivity contribution in [1.29, 1.82) is 0 Å². The molecule has 118 valence electrons. The van der Waals surface area contributed by atoms with E-state index in [0.29, 0.717) is 6.04 Å². The number of rotatable bonds is 4. The normalized spacial score (nSPS) is 19.1. The summed E-state index contributed by atoms with van der Waals surface area (Å²) in [6.07, 6.45) is 3.61. The molecule has 0 spiro atoms. The molecule has 0 aliphatic carbocycles. The SMILES string of the molecule is CCCNc1nc(C(C)(C)C)nc(N2CCCC2C)c1C. The molecule has 1 N–H and O–H groups in total. The zero-order chi connectivity index (χ0) is 15.6. The van der Waals surface area contributed by atoms with Crippen molar-refractivity contribution in [3.63, 3.8) is 0 Å². The molecule has 4 heteroatoms. The van der Waals surface area contributed by atoms with Crippen molar-refractivity contribution in [1.82, 2.24) is 9.97 Å². The molecule has 1 aliphatic heterocycles. The number of anilines is 2. The van der Waals surface area contributed by atoms with E-state index in [-0.39, 0.29) is 5.41 Å². The Bertz CT molecular complexity index is 490. The first-order valence-electron chi connectivity index (χ1n) is 8.24. The molecule has 4 nitrogen and oxygen atoms in total. The summed E-state index contributed by atoms with van der Waals surface area (Å²) in [4.78, 5) is 12.2. The standard InChI is InChI=1S/C17H30N4/c1-7-10-18-14-13(3)15(21-11-8-9-12(21)2)20-16(19-14)17(4,5)6/h12H,7-11H2,1-6H3,(H,18,19,20). The van der Waals surface area contributed by atoms with Gasteiger partial charge in [-0.3, -0.25) is 0 Å². The van der Waals surface area contributed by atoms with Gasteiger partial charge in [-0.2, -0.15) is 0 Å². The molecule has 1 saturated heterocycles. The second-order valence-electron chi connectivity index (χ2n) is 7.21. The van der Waals surface area contributed by atoms with Gasteiger partial charge in [0.15, 0.2) is 0 Å². The maximum atomic E-state index is 4.92. The smallest absolute Gasteiger partial charge is 0.138 e. The first-order valence-corrected chi connectivity index (χ1v) is 8.24. The second kappa shape index (κ2) is 6.20. The van der Waals surface area contributed by atoms with E-state index in [1.807, 2.05) is 0 Å². The third-order valence-corrected chi connectivity index (χ3v) is 4.16. The van der Waals surface area contributed by atoms with Gasteiger partial charge >= 0.3 is 0 Å². The first kappa shape index (κ1) is 16.1. The number of hydrogen-bond acceptors (Lipinski definition) is 4. The van der Waals surface area contributed by atoms with Crippen molar-refractivity contribution in [2.75, 3.05) is 23.3 Å². The molecule has 1 atom stereocenters. The Hall–Kier alpha value is -1.32. The first-order chi connectivity index (χ1) is 9.84. The molecule has 0 saturated carbocycles. The molecule has 0 amide bonds. The molecule has 1 aliphatic rings. The van der Waals surface area contributed by atoms with Gasteiger partial charge in [-0.1, -0.05) is 27.7 Å². The van der Waals surface area contributed by atoms with Crippen LogP contribution in [0.15, 0.2) is 0 Å². The lowest BCUT2D eigenvalue weighted by molar-refractivity contribution is 0.543. The number of hydrogen-bond donors (Lipinski definition) is 1. The molecule has 1 fully saturated rings. The highest BCUT2D eigenvalue weighted by atomic mass is 15.2. The summed E-state index contributed by atoms with van der Waals surface area (Å²) in [5.41, 5.74) is 1.15. The predicted molar refractivity (Wildman–Crippen MR) is 90.3 cm³/mol. The Kier molecular flexibility index (Phi) is 4.74. The minimum atomic E-state index is -0.0337. The minimum Gasteiger partial charge on any atom is -0.370 e. The molecule has 2 heterocycles. The Morgan fingerprint density at radius 1 is 1.29 bits per heavy atom. The van der Waals surface area contributed by atoms with Crippen molar-refractivity contribution >= 4 is 11.6 Å². The van der Waals surface area contributed by atoms with Crippen molar-refractivity contribution < 1.29 is 0 Å². The fourth-order valence-corrected chi connectivity index (χ4v) is 2.78. The van der Waals surface area contributed by atoms with Crippen molar-refractivity contribution in [2.45, 2.75) is 72.3 Å². The summed E-state index contributed by atoms with van der Waals surface area (Å²) >= 11 is 0. The van der Waals surface area contributed by atoms with Gasteiger partial charge in [-0.05, 0) is 33.1 Å². The van der Waals surface area contributed by atoms with Crippen molar-refractivity contribution in [3.8, 4) is 0 Å². The lowest BCUT2D eigenvalue weighted by Gasteiger charge is -2.28. The molecule has 21 heavy (non-hydrogen) atoms. The summed E-state index contributed by atoms with van der Waals surface area (Å²) in [5, 5.41) is 3.48. The summed E-state index contributed by atoms with van der Waals surface area (Å²) in [7, 11) is 0. The molecule has 2 rings (SSSR count). The van der Waals surface area contributed by atoms with Gasteiger partial charge in [0, 0.05) is 30.1 Å². The van der Waals surface area contributed by atoms with Crippen molar-refractivity contribution in [3.05, 3.63) is 11.4 Å². The van der Waals surface area contributed by atoms with Crippen LogP contribution in [0.5, 0.6) is 0 Å². The average Bonchev–Trinajstić information content (AvgIpc) is 2.82. The number of nitrogens with zero attached hydrogens (tertiary/aromatic N) is 3. The zero-order valence-corrected chi connectivity index (χ0v) is 14.5. The quantitative estimate of drug-likeness (QED) is 0.913. The van der Waals surface area contributed by atoms with Crippen LogP contribution < -0.4 is 10.2 Å². The van der Waals surface area contributed by atoms with E-state index >= 15 is 0 Å². The molecule has 0 aromatic carbocycles. The lowest BCUT2D eigenvalue weighted by atomic mass is 9.95. The van der Waals surface area contributed by atoms with Crippen LogP contribution in [0, 0.1) is 6.92 Å². The van der Waals surface area contributed by atoms with Crippen LogP contribution in [0.3, 0.4) is 0 Å². The van der Waals surface area contributed by atoms with Gasteiger partial charge in [0.1, 0.15) is 17.5 Å². The molecule has 1 aromatic heterocycles. The second-order valence-corrected chi connectivity index (χ2v) is 7.21. The van der Waals surface area contributed by atoms with Crippen LogP contribution >= 0.6 is 0 Å². The Balaban J connectivity index is 2.46. The van der Waals surface area contributed by atoms with Crippen LogP contribution in [-0.4, -0.2) is 29.1 Å². The van der Waals surface area contributed by atoms with Gasteiger partial charge in [-0.15, -0.1) is 0 Å². The summed E-state index contributed by atoms with van der Waals surface area (Å²) in [6, 6.07) is 0.574. The number of aromatic nitrogens is 2. The maximum Gasteiger partial charge on any atom is 0.138 e. The minimum absolute atomic E-state index is 0.0337. The monoisotopic (exact) mass is 290 g/mol. The fraction of sp³-hybridized carbons (Fsp3) is 0.765. The van der Waals surface area contributed by atoms with E-state index in [2.05, 4.69) is 51.8 Å². The van der Waals surface area contributed by atoms with Crippen LogP contribution in [0.1, 0.15) is 65.3 Å². The van der Waals surface area contributed by atoms with Gasteiger partial charge in [0.25, 0.3) is 0 Å². The topological polar surface area (TPSA) is 41.1 Å². The molecule has 0 radical (unpaired) electrons. The number of nitrogens with one attached hydrogen (secondary N) is 1. The fourth-order valence-electron chi connectivity index (χ4n) is 2.78. The molecule has 1 aromatic rings. The Morgan fingerprint density at radius 2 is 2.00 bits per heavy atom. The largest absolute Gasteiger partial charge is 0.370 e. The van der Waals surface area contributed by atoms with Gasteiger partial charge in [0.2, 0.25) is 0 Å². The predicted octanol–water partition coefficient (Wildman–Crippen LogP) is 3.89. The van der Waals surface area contributed by atoms with Gasteiger partial charge < -0.3 is 10.2 Å². The van der Waals surface area contributed by atoms with E-state index in [4.69, 9.17) is 9.97 Å². The molecule has 0 bridgehead atoms. The van der Waals surface area contributed by atoms with Crippen LogP contribution in [0.2, 0.25) is 0 Å². The van der Waals surface area contributed by atoms with Crippen molar-refractivity contribution in [2.24, 2.45) is 0 Å². The average molecular weight is 290 g/mol. The Morgan fingerprint density at radius 3 is 2.52 bits per heavy atom. The molecular formula is C17H30N4. The van der Waals surface area contributed by atoms with Crippen LogP contribution in [0.4, 0.5) is 11.6 Å². The third kappa shape index (κ3) is 3.47. The lowest BCUT2D eigenvalue weighted by Crippen LogP contribution is -2.30. The van der Waals surface area contributed by atoms with E-state index in [1.165, 1.54) is 18.4 Å². The highest BCUT2D eigenvalue weighted by molar-refractivity contribution is 5.60. The van der Waals surface area contributed by atoms with E-state index in [0.717, 1.165) is 37.0 Å². The van der Waals surface area contributed by atoms with Gasteiger partial charge in [0.05, 0.1) is 0 Å². The van der Waals surface area contributed by atoms with E-state index in [1.54, 1.807) is 0 Å². The zero-order valence-electron chi connectivity index (χ0n) is 14.5. The molecule has 1 unspecified atom stereocenters. The van der Waals surface area contributed by atoms with E-state index in [9.17, 15) is 0 Å². The third-order valence-electron chi connectivity index (χ3n) is 4.16.